The first-order valence-corrected chi connectivity index (χ1v) is 5.94. The summed E-state index contributed by atoms with van der Waals surface area (Å²) in [5.41, 5.74) is 0. The number of allylic oxidation sites excluding steroid dienone is 1. The lowest BCUT2D eigenvalue weighted by Gasteiger charge is -2.26. The van der Waals surface area contributed by atoms with Crippen molar-refractivity contribution < 1.29 is 0 Å². The Hall–Kier alpha value is -0.560. The van der Waals surface area contributed by atoms with Gasteiger partial charge in [0.1, 0.15) is 0 Å². The first kappa shape index (κ1) is 9.01. The standard InChI is InChI=1S/C12H16S/c1-2-10-5-3-6-11(9-10)12-7-4-8-13-12/h2,4,7-8,10-11H,1,3,5-6,9H2/t10?,11-/m1/s1. The van der Waals surface area contributed by atoms with E-state index in [1.54, 1.807) is 4.88 Å². The molecule has 1 heterocycles. The molecule has 0 amide bonds. The third kappa shape index (κ3) is 2.02. The highest BCUT2D eigenvalue weighted by Crippen LogP contribution is 2.38. The zero-order chi connectivity index (χ0) is 9.10. The minimum absolute atomic E-state index is 0.765. The van der Waals surface area contributed by atoms with E-state index in [1.165, 1.54) is 25.7 Å². The lowest BCUT2D eigenvalue weighted by Crippen LogP contribution is -2.11. The molecule has 1 unspecified atom stereocenters. The summed E-state index contributed by atoms with van der Waals surface area (Å²) in [4.78, 5) is 1.58. The maximum atomic E-state index is 3.90. The molecule has 0 N–H and O–H groups in total. The Morgan fingerprint density at radius 2 is 2.38 bits per heavy atom. The highest BCUT2D eigenvalue weighted by Gasteiger charge is 2.21. The quantitative estimate of drug-likeness (QED) is 0.616. The monoisotopic (exact) mass is 192 g/mol. The van der Waals surface area contributed by atoms with Crippen molar-refractivity contribution in [2.75, 3.05) is 0 Å². The Morgan fingerprint density at radius 1 is 1.46 bits per heavy atom. The highest BCUT2D eigenvalue weighted by molar-refractivity contribution is 7.10. The lowest BCUT2D eigenvalue weighted by atomic mass is 9.81. The third-order valence-electron chi connectivity index (χ3n) is 2.99. The Bertz CT molecular complexity index is 261. The van der Waals surface area contributed by atoms with Gasteiger partial charge in [0.05, 0.1) is 0 Å². The van der Waals surface area contributed by atoms with Crippen LogP contribution in [-0.4, -0.2) is 0 Å². The number of rotatable bonds is 2. The number of thiophene rings is 1. The van der Waals surface area contributed by atoms with E-state index in [-0.39, 0.29) is 0 Å². The number of hydrogen-bond donors (Lipinski definition) is 0. The van der Waals surface area contributed by atoms with Crippen LogP contribution >= 0.6 is 11.3 Å². The average Bonchev–Trinajstić information content (AvgIpc) is 2.71. The van der Waals surface area contributed by atoms with Crippen LogP contribution in [0, 0.1) is 5.92 Å². The summed E-state index contributed by atoms with van der Waals surface area (Å²) in [6, 6.07) is 4.44. The van der Waals surface area contributed by atoms with Gasteiger partial charge in [0, 0.05) is 4.88 Å². The fourth-order valence-electron chi connectivity index (χ4n) is 2.22. The smallest absolute Gasteiger partial charge is 0.00763 e. The first-order chi connectivity index (χ1) is 6.40. The van der Waals surface area contributed by atoms with Crippen molar-refractivity contribution in [3.63, 3.8) is 0 Å². The van der Waals surface area contributed by atoms with Gasteiger partial charge >= 0.3 is 0 Å². The Morgan fingerprint density at radius 3 is 3.08 bits per heavy atom. The van der Waals surface area contributed by atoms with Crippen LogP contribution in [0.25, 0.3) is 0 Å². The summed E-state index contributed by atoms with van der Waals surface area (Å²) < 4.78 is 0. The second-order valence-corrected chi connectivity index (χ2v) is 4.85. The molecule has 70 valence electrons. The van der Waals surface area contributed by atoms with E-state index in [9.17, 15) is 0 Å². The van der Waals surface area contributed by atoms with Crippen molar-refractivity contribution in [3.8, 4) is 0 Å². The second-order valence-electron chi connectivity index (χ2n) is 3.87. The van der Waals surface area contributed by atoms with Gasteiger partial charge in [0.25, 0.3) is 0 Å². The van der Waals surface area contributed by atoms with Crippen molar-refractivity contribution in [2.24, 2.45) is 5.92 Å². The lowest BCUT2D eigenvalue weighted by molar-refractivity contribution is 0.376. The number of hydrogen-bond acceptors (Lipinski definition) is 1. The van der Waals surface area contributed by atoms with Crippen LogP contribution < -0.4 is 0 Å². The molecule has 0 radical (unpaired) electrons. The minimum Gasteiger partial charge on any atom is -0.149 e. The van der Waals surface area contributed by atoms with Crippen LogP contribution in [0.4, 0.5) is 0 Å². The molecule has 1 heteroatoms. The molecule has 0 nitrogen and oxygen atoms in total. The zero-order valence-electron chi connectivity index (χ0n) is 7.91. The summed E-state index contributed by atoms with van der Waals surface area (Å²) in [6.07, 6.45) is 7.57. The van der Waals surface area contributed by atoms with Gasteiger partial charge < -0.3 is 0 Å². The van der Waals surface area contributed by atoms with E-state index < -0.39 is 0 Å². The molecule has 2 rings (SSSR count). The molecule has 1 saturated carbocycles. The highest BCUT2D eigenvalue weighted by atomic mass is 32.1. The normalized spacial score (nSPS) is 28.6. The summed E-state index contributed by atoms with van der Waals surface area (Å²) in [5, 5.41) is 2.19. The summed E-state index contributed by atoms with van der Waals surface area (Å²) >= 11 is 1.91. The molecule has 1 aliphatic rings. The zero-order valence-corrected chi connectivity index (χ0v) is 8.72. The van der Waals surface area contributed by atoms with Crippen LogP contribution in [0.3, 0.4) is 0 Å². The Balaban J connectivity index is 2.04. The van der Waals surface area contributed by atoms with Gasteiger partial charge in [-0.3, -0.25) is 0 Å². The third-order valence-corrected chi connectivity index (χ3v) is 4.03. The molecule has 13 heavy (non-hydrogen) atoms. The minimum atomic E-state index is 0.765. The van der Waals surface area contributed by atoms with E-state index in [0.717, 1.165) is 11.8 Å². The van der Waals surface area contributed by atoms with Crippen molar-refractivity contribution in [3.05, 3.63) is 35.0 Å². The van der Waals surface area contributed by atoms with Crippen LogP contribution in [0.15, 0.2) is 30.2 Å². The van der Waals surface area contributed by atoms with E-state index in [4.69, 9.17) is 0 Å². The fourth-order valence-corrected chi connectivity index (χ4v) is 3.10. The van der Waals surface area contributed by atoms with Crippen LogP contribution in [-0.2, 0) is 0 Å². The summed E-state index contributed by atoms with van der Waals surface area (Å²) in [5.74, 6) is 1.58. The first-order valence-electron chi connectivity index (χ1n) is 5.06. The molecule has 0 aliphatic heterocycles. The van der Waals surface area contributed by atoms with E-state index in [0.29, 0.717) is 0 Å². The van der Waals surface area contributed by atoms with Crippen molar-refractivity contribution >= 4 is 11.3 Å². The van der Waals surface area contributed by atoms with Crippen molar-refractivity contribution in [1.29, 1.82) is 0 Å². The average molecular weight is 192 g/mol. The van der Waals surface area contributed by atoms with Gasteiger partial charge in [-0.15, -0.1) is 17.9 Å². The van der Waals surface area contributed by atoms with Crippen LogP contribution in [0.2, 0.25) is 0 Å². The molecule has 1 aliphatic carbocycles. The molecular formula is C12H16S. The summed E-state index contributed by atoms with van der Waals surface area (Å²) in [7, 11) is 0. The maximum absolute atomic E-state index is 3.90. The molecule has 2 atom stereocenters. The molecular weight excluding hydrogens is 176 g/mol. The van der Waals surface area contributed by atoms with Crippen molar-refractivity contribution in [1.82, 2.24) is 0 Å². The molecule has 0 saturated heterocycles. The van der Waals surface area contributed by atoms with Gasteiger partial charge in [0.15, 0.2) is 0 Å². The van der Waals surface area contributed by atoms with Crippen LogP contribution in [0.1, 0.15) is 36.5 Å². The second kappa shape index (κ2) is 4.10. The maximum Gasteiger partial charge on any atom is 0.00763 e. The SMILES string of the molecule is C=CC1CCC[C@@H](c2cccs2)C1. The van der Waals surface area contributed by atoms with Gasteiger partial charge in [-0.05, 0) is 42.5 Å². The summed E-state index contributed by atoms with van der Waals surface area (Å²) in [6.45, 7) is 3.90. The molecule has 1 fully saturated rings. The van der Waals surface area contributed by atoms with E-state index in [1.807, 2.05) is 11.3 Å². The van der Waals surface area contributed by atoms with Gasteiger partial charge in [-0.1, -0.05) is 18.6 Å². The van der Waals surface area contributed by atoms with E-state index >= 15 is 0 Å². The largest absolute Gasteiger partial charge is 0.149 e. The molecule has 0 bridgehead atoms. The topological polar surface area (TPSA) is 0 Å². The fraction of sp³-hybridized carbons (Fsp3) is 0.500. The van der Waals surface area contributed by atoms with Gasteiger partial charge in [0.2, 0.25) is 0 Å². The Kier molecular flexibility index (Phi) is 2.84. The molecule has 0 aromatic carbocycles. The van der Waals surface area contributed by atoms with E-state index in [2.05, 4.69) is 30.2 Å². The van der Waals surface area contributed by atoms with Gasteiger partial charge in [-0.2, -0.15) is 0 Å². The van der Waals surface area contributed by atoms with Crippen molar-refractivity contribution in [2.45, 2.75) is 31.6 Å². The van der Waals surface area contributed by atoms with Gasteiger partial charge in [-0.25, -0.2) is 0 Å². The molecule has 1 aromatic heterocycles. The van der Waals surface area contributed by atoms with Crippen LogP contribution in [0.5, 0.6) is 0 Å². The predicted octanol–water partition coefficient (Wildman–Crippen LogP) is 4.21. The molecule has 0 spiro atoms. The molecule has 1 aromatic rings. The Labute approximate surface area is 84.3 Å². The predicted molar refractivity (Wildman–Crippen MR) is 59.2 cm³/mol.